The minimum Gasteiger partial charge on any atom is -0.314 e. The van der Waals surface area contributed by atoms with Gasteiger partial charge in [0.05, 0.1) is 11.4 Å². The van der Waals surface area contributed by atoms with E-state index < -0.39 is 0 Å². The average molecular weight is 289 g/mol. The van der Waals surface area contributed by atoms with Crippen molar-refractivity contribution < 1.29 is 0 Å². The van der Waals surface area contributed by atoms with Crippen LogP contribution in [0.25, 0.3) is 10.8 Å². The number of hydrogen-bond acceptors (Lipinski definition) is 4. The van der Waals surface area contributed by atoms with Crippen molar-refractivity contribution in [3.63, 3.8) is 0 Å². The molecule has 20 heavy (non-hydrogen) atoms. The van der Waals surface area contributed by atoms with Crippen molar-refractivity contribution in [3.05, 3.63) is 34.7 Å². The third-order valence-corrected chi connectivity index (χ3v) is 4.20. The molecule has 3 rings (SSSR count). The van der Waals surface area contributed by atoms with Crippen LogP contribution in [-0.4, -0.2) is 26.2 Å². The minimum atomic E-state index is 0.776. The largest absolute Gasteiger partial charge is 0.314 e. The summed E-state index contributed by atoms with van der Waals surface area (Å²) in [6.45, 7) is 5.06. The van der Waals surface area contributed by atoms with Crippen LogP contribution in [0, 0.1) is 0 Å². The van der Waals surface area contributed by atoms with Gasteiger partial charge >= 0.3 is 0 Å². The topological polar surface area (TPSA) is 47.1 Å². The Morgan fingerprint density at radius 2 is 2.15 bits per heavy atom. The Bertz CT molecular complexity index is 721. The maximum atomic E-state index is 4.76. The third-order valence-electron chi connectivity index (χ3n) is 3.44. The molecule has 3 aromatic heterocycles. The van der Waals surface area contributed by atoms with E-state index in [1.807, 2.05) is 11.7 Å². The van der Waals surface area contributed by atoms with Crippen molar-refractivity contribution in [2.45, 2.75) is 33.2 Å². The lowest BCUT2D eigenvalue weighted by molar-refractivity contribution is 0.731. The highest BCUT2D eigenvalue weighted by molar-refractivity contribution is 7.15. The molecule has 0 unspecified atom stereocenters. The molecule has 0 aromatic carbocycles. The van der Waals surface area contributed by atoms with Crippen LogP contribution < -0.4 is 5.32 Å². The van der Waals surface area contributed by atoms with Crippen LogP contribution in [0.4, 0.5) is 0 Å². The number of thiazole rings is 1. The highest BCUT2D eigenvalue weighted by atomic mass is 32.1. The maximum Gasteiger partial charge on any atom is 0.196 e. The molecule has 0 spiro atoms. The molecule has 0 amide bonds. The van der Waals surface area contributed by atoms with Gasteiger partial charge in [0.25, 0.3) is 0 Å². The van der Waals surface area contributed by atoms with Gasteiger partial charge in [0.15, 0.2) is 10.8 Å². The first-order valence-electron chi connectivity index (χ1n) is 6.95. The van der Waals surface area contributed by atoms with Gasteiger partial charge in [0.2, 0.25) is 0 Å². The fourth-order valence-corrected chi connectivity index (χ4v) is 3.13. The van der Waals surface area contributed by atoms with E-state index in [0.717, 1.165) is 41.6 Å². The number of hydrogen-bond donors (Lipinski definition) is 1. The molecule has 3 heterocycles. The summed E-state index contributed by atoms with van der Waals surface area (Å²) < 4.78 is 4.15. The smallest absolute Gasteiger partial charge is 0.196 e. The van der Waals surface area contributed by atoms with Crippen LogP contribution in [0.15, 0.2) is 17.6 Å². The lowest BCUT2D eigenvalue weighted by Gasteiger charge is -2.06. The Morgan fingerprint density at radius 3 is 2.85 bits per heavy atom. The molecule has 0 aliphatic heterocycles. The molecule has 0 bridgehead atoms. The zero-order chi connectivity index (χ0) is 14.1. The first-order chi connectivity index (χ1) is 9.78. The summed E-state index contributed by atoms with van der Waals surface area (Å²) in [4.78, 5) is 5.77. The molecule has 0 aliphatic carbocycles. The summed E-state index contributed by atoms with van der Waals surface area (Å²) in [6.07, 6.45) is 3.97. The van der Waals surface area contributed by atoms with Crippen LogP contribution in [0.5, 0.6) is 0 Å². The second-order valence-corrected chi connectivity index (χ2v) is 5.59. The number of rotatable bonds is 5. The van der Waals surface area contributed by atoms with E-state index in [-0.39, 0.29) is 0 Å². The molecule has 5 nitrogen and oxygen atoms in total. The molecule has 1 N–H and O–H groups in total. The summed E-state index contributed by atoms with van der Waals surface area (Å²) in [5, 5.41) is 9.99. The number of aromatic nitrogens is 4. The number of imidazole rings is 1. The van der Waals surface area contributed by atoms with E-state index in [1.165, 1.54) is 5.69 Å². The molecule has 106 valence electrons. The minimum absolute atomic E-state index is 0.776. The molecule has 0 saturated heterocycles. The molecular weight excluding hydrogens is 270 g/mol. The first kappa shape index (κ1) is 13.3. The maximum absolute atomic E-state index is 4.76. The Kier molecular flexibility index (Phi) is 3.58. The summed E-state index contributed by atoms with van der Waals surface area (Å²) in [5.74, 6) is 0.947. The molecule has 0 radical (unpaired) electrons. The van der Waals surface area contributed by atoms with Crippen LogP contribution in [0.2, 0.25) is 0 Å². The van der Waals surface area contributed by atoms with E-state index in [9.17, 15) is 0 Å². The number of nitrogens with zero attached hydrogens (tertiary/aromatic N) is 4. The average Bonchev–Trinajstić information content (AvgIpc) is 3.13. The van der Waals surface area contributed by atoms with Gasteiger partial charge in [-0.1, -0.05) is 13.8 Å². The zero-order valence-electron chi connectivity index (χ0n) is 12.1. The Morgan fingerprint density at radius 1 is 1.30 bits per heavy atom. The molecule has 0 atom stereocenters. The van der Waals surface area contributed by atoms with Gasteiger partial charge < -0.3 is 5.32 Å². The van der Waals surface area contributed by atoms with E-state index >= 15 is 0 Å². The monoisotopic (exact) mass is 289 g/mol. The highest BCUT2D eigenvalue weighted by Crippen LogP contribution is 2.22. The van der Waals surface area contributed by atoms with E-state index in [1.54, 1.807) is 11.3 Å². The highest BCUT2D eigenvalue weighted by Gasteiger charge is 2.17. The SMILES string of the molecule is CCc1cc(CC)n(-c2nc3sccn3c2CNC)n1. The molecule has 3 aromatic rings. The fraction of sp³-hybridized carbons (Fsp3) is 0.429. The Labute approximate surface area is 122 Å². The van der Waals surface area contributed by atoms with Crippen LogP contribution in [0.3, 0.4) is 0 Å². The number of nitrogens with one attached hydrogen (secondary N) is 1. The lowest BCUT2D eigenvalue weighted by Crippen LogP contribution is -2.12. The summed E-state index contributed by atoms with van der Waals surface area (Å²) in [7, 11) is 1.96. The molecule has 0 fully saturated rings. The molecule has 0 saturated carbocycles. The first-order valence-corrected chi connectivity index (χ1v) is 7.83. The van der Waals surface area contributed by atoms with Gasteiger partial charge in [-0.3, -0.25) is 4.40 Å². The predicted octanol–water partition coefficient (Wildman–Crippen LogP) is 2.43. The second-order valence-electron chi connectivity index (χ2n) is 4.71. The zero-order valence-corrected chi connectivity index (χ0v) is 12.9. The Hall–Kier alpha value is -1.66. The van der Waals surface area contributed by atoms with Gasteiger partial charge in [-0.05, 0) is 26.0 Å². The fourth-order valence-electron chi connectivity index (χ4n) is 2.41. The van der Waals surface area contributed by atoms with Gasteiger partial charge in [0.1, 0.15) is 0 Å². The van der Waals surface area contributed by atoms with Crippen molar-refractivity contribution in [1.29, 1.82) is 0 Å². The third kappa shape index (κ3) is 2.05. The summed E-state index contributed by atoms with van der Waals surface area (Å²) in [6, 6.07) is 2.18. The van der Waals surface area contributed by atoms with Gasteiger partial charge in [-0.2, -0.15) is 10.1 Å². The van der Waals surface area contributed by atoms with Gasteiger partial charge in [0, 0.05) is 23.8 Å². The second kappa shape index (κ2) is 5.38. The van der Waals surface area contributed by atoms with E-state index in [0.29, 0.717) is 0 Å². The van der Waals surface area contributed by atoms with Crippen molar-refractivity contribution >= 4 is 16.3 Å². The Balaban J connectivity index is 2.19. The van der Waals surface area contributed by atoms with E-state index in [4.69, 9.17) is 10.1 Å². The van der Waals surface area contributed by atoms with Crippen molar-refractivity contribution in [3.8, 4) is 5.82 Å². The van der Waals surface area contributed by atoms with Crippen molar-refractivity contribution in [1.82, 2.24) is 24.5 Å². The van der Waals surface area contributed by atoms with Gasteiger partial charge in [-0.25, -0.2) is 4.68 Å². The molecule has 6 heteroatoms. The molecular formula is C14H19N5S. The molecule has 0 aliphatic rings. The summed E-state index contributed by atoms with van der Waals surface area (Å²) in [5.41, 5.74) is 3.49. The number of fused-ring (bicyclic) bond motifs is 1. The quantitative estimate of drug-likeness (QED) is 0.784. The van der Waals surface area contributed by atoms with Crippen LogP contribution in [-0.2, 0) is 19.4 Å². The van der Waals surface area contributed by atoms with Crippen LogP contribution >= 0.6 is 11.3 Å². The normalized spacial score (nSPS) is 11.6. The standard InChI is InChI=1S/C14H19N5S/c1-4-10-8-11(5-2)19(17-10)13-12(9-15-3)18-6-7-20-14(18)16-13/h6-8,15H,4-5,9H2,1-3H3. The van der Waals surface area contributed by atoms with Crippen molar-refractivity contribution in [2.24, 2.45) is 0 Å². The predicted molar refractivity (Wildman–Crippen MR) is 81.7 cm³/mol. The van der Waals surface area contributed by atoms with Crippen LogP contribution in [0.1, 0.15) is 30.9 Å². The summed E-state index contributed by atoms with van der Waals surface area (Å²) >= 11 is 1.65. The lowest BCUT2D eigenvalue weighted by atomic mass is 10.2. The van der Waals surface area contributed by atoms with Crippen molar-refractivity contribution in [2.75, 3.05) is 7.05 Å². The van der Waals surface area contributed by atoms with E-state index in [2.05, 4.69) is 41.2 Å². The van der Waals surface area contributed by atoms with Gasteiger partial charge in [-0.15, -0.1) is 11.3 Å². The number of aryl methyl sites for hydroxylation is 2.